The number of anilines is 2. The van der Waals surface area contributed by atoms with Gasteiger partial charge in [0, 0.05) is 23.1 Å². The van der Waals surface area contributed by atoms with Crippen LogP contribution in [0, 0.1) is 5.92 Å². The second-order valence-electron chi connectivity index (χ2n) is 8.73. The quantitative estimate of drug-likeness (QED) is 0.200. The molecule has 182 valence electrons. The van der Waals surface area contributed by atoms with E-state index in [1.54, 1.807) is 19.1 Å². The number of carbonyl (C=O) groups is 2. The molecule has 0 heterocycles. The van der Waals surface area contributed by atoms with Crippen LogP contribution in [0.15, 0.2) is 91.1 Å². The Bertz CT molecular complexity index is 1100. The van der Waals surface area contributed by atoms with Crippen LogP contribution in [0.3, 0.4) is 0 Å². The maximum atomic E-state index is 12.6. The van der Waals surface area contributed by atoms with Crippen LogP contribution in [-0.4, -0.2) is 18.4 Å². The van der Waals surface area contributed by atoms with Crippen LogP contribution in [0.5, 0.6) is 0 Å². The molecule has 3 rings (SSSR count). The number of benzene rings is 3. The van der Waals surface area contributed by atoms with Crippen molar-refractivity contribution in [3.8, 4) is 0 Å². The number of hydrogen-bond acceptors (Lipinski definition) is 4. The summed E-state index contributed by atoms with van der Waals surface area (Å²) in [6, 6.07) is 26.8. The Morgan fingerprint density at radius 2 is 1.43 bits per heavy atom. The Hall–Kier alpha value is -3.66. The molecule has 4 nitrogen and oxygen atoms in total. The summed E-state index contributed by atoms with van der Waals surface area (Å²) in [5, 5.41) is 0. The molecule has 0 bridgehead atoms. The van der Waals surface area contributed by atoms with Crippen LogP contribution in [0.1, 0.15) is 62.4 Å². The lowest BCUT2D eigenvalue weighted by Crippen LogP contribution is -2.15. The summed E-state index contributed by atoms with van der Waals surface area (Å²) in [6.07, 6.45) is 6.24. The lowest BCUT2D eigenvalue weighted by Gasteiger charge is -2.23. The van der Waals surface area contributed by atoms with Crippen molar-refractivity contribution >= 4 is 28.7 Å². The van der Waals surface area contributed by atoms with Crippen LogP contribution in [-0.2, 0) is 9.53 Å². The topological polar surface area (TPSA) is 46.6 Å². The molecule has 35 heavy (non-hydrogen) atoms. The van der Waals surface area contributed by atoms with Crippen LogP contribution < -0.4 is 4.90 Å². The van der Waals surface area contributed by atoms with Gasteiger partial charge in [0.25, 0.3) is 0 Å². The van der Waals surface area contributed by atoms with E-state index >= 15 is 0 Å². The summed E-state index contributed by atoms with van der Waals surface area (Å²) < 4.78 is 5.61. The lowest BCUT2D eigenvalue weighted by molar-refractivity contribution is -0.111. The summed E-state index contributed by atoms with van der Waals surface area (Å²) >= 11 is 0. The first-order valence-corrected chi connectivity index (χ1v) is 12.4. The van der Waals surface area contributed by atoms with E-state index in [4.69, 9.17) is 4.74 Å². The summed E-state index contributed by atoms with van der Waals surface area (Å²) in [6.45, 7) is 6.34. The molecule has 0 saturated carbocycles. The molecular formula is C31H35NO3. The van der Waals surface area contributed by atoms with Gasteiger partial charge in [-0.2, -0.15) is 0 Å². The van der Waals surface area contributed by atoms with Gasteiger partial charge in [0.15, 0.2) is 5.78 Å². The van der Waals surface area contributed by atoms with E-state index in [-0.39, 0.29) is 11.8 Å². The van der Waals surface area contributed by atoms with Crippen LogP contribution in [0.2, 0.25) is 0 Å². The molecule has 0 aromatic heterocycles. The monoisotopic (exact) mass is 469 g/mol. The molecule has 1 atom stereocenters. The number of allylic oxidation sites excluding steroid dienone is 1. The van der Waals surface area contributed by atoms with Crippen molar-refractivity contribution in [1.29, 1.82) is 0 Å². The molecule has 0 N–H and O–H groups in total. The molecule has 0 amide bonds. The molecule has 3 aromatic rings. The predicted molar refractivity (Wildman–Crippen MR) is 144 cm³/mol. The van der Waals surface area contributed by atoms with E-state index in [0.29, 0.717) is 23.7 Å². The summed E-state index contributed by atoms with van der Waals surface area (Å²) in [4.78, 5) is 27.2. The minimum absolute atomic E-state index is 0.0223. The predicted octanol–water partition coefficient (Wildman–Crippen LogP) is 7.83. The number of nitrogens with zero attached hydrogens (tertiary/aromatic N) is 1. The molecule has 0 aliphatic heterocycles. The van der Waals surface area contributed by atoms with Crippen molar-refractivity contribution in [3.63, 3.8) is 0 Å². The molecule has 0 saturated heterocycles. The minimum atomic E-state index is -0.304. The maximum absolute atomic E-state index is 12.6. The average molecular weight is 470 g/mol. The first-order chi connectivity index (χ1) is 17.0. The van der Waals surface area contributed by atoms with Crippen molar-refractivity contribution in [2.75, 3.05) is 11.5 Å². The highest BCUT2D eigenvalue weighted by atomic mass is 16.5. The molecule has 1 unspecified atom stereocenters. The SMILES string of the molecule is CCCCC(CC)COC(=O)c1ccc(N(/C=C(\C(C)=O)c2ccccc2)c2ccccc2)cc1. The summed E-state index contributed by atoms with van der Waals surface area (Å²) in [5.74, 6) is 0.0766. The zero-order valence-electron chi connectivity index (χ0n) is 20.9. The number of esters is 1. The van der Waals surface area contributed by atoms with Crippen molar-refractivity contribution in [3.05, 3.63) is 102 Å². The van der Waals surface area contributed by atoms with E-state index in [9.17, 15) is 9.59 Å². The number of hydrogen-bond donors (Lipinski definition) is 0. The summed E-state index contributed by atoms with van der Waals surface area (Å²) in [7, 11) is 0. The summed E-state index contributed by atoms with van der Waals surface area (Å²) in [5.41, 5.74) is 3.74. The second-order valence-corrected chi connectivity index (χ2v) is 8.73. The van der Waals surface area contributed by atoms with Crippen molar-refractivity contribution in [1.82, 2.24) is 0 Å². The van der Waals surface area contributed by atoms with Crippen molar-refractivity contribution in [2.24, 2.45) is 5.92 Å². The van der Waals surface area contributed by atoms with Gasteiger partial charge in [-0.3, -0.25) is 4.79 Å². The zero-order chi connectivity index (χ0) is 25.0. The number of rotatable bonds is 12. The molecule has 3 aromatic carbocycles. The second kappa shape index (κ2) is 13.3. The van der Waals surface area contributed by atoms with Crippen LogP contribution in [0.4, 0.5) is 11.4 Å². The van der Waals surface area contributed by atoms with Gasteiger partial charge in [-0.25, -0.2) is 4.79 Å². The number of ether oxygens (including phenoxy) is 1. The number of ketones is 1. The minimum Gasteiger partial charge on any atom is -0.462 e. The highest BCUT2D eigenvalue weighted by Gasteiger charge is 2.15. The molecule has 0 spiro atoms. The van der Waals surface area contributed by atoms with Gasteiger partial charge in [0.2, 0.25) is 0 Å². The standard InChI is InChI=1S/C31H35NO3/c1-4-6-13-25(5-2)23-35-31(34)27-18-20-29(21-19-27)32(28-16-11-8-12-17-28)22-30(24(3)33)26-14-9-7-10-15-26/h7-12,14-22,25H,4-6,13,23H2,1-3H3/b30-22+. The van der Waals surface area contributed by atoms with Gasteiger partial charge in [-0.05, 0) is 61.2 Å². The Kier molecular flexibility index (Phi) is 9.85. The Morgan fingerprint density at radius 3 is 2.00 bits per heavy atom. The zero-order valence-corrected chi connectivity index (χ0v) is 20.9. The normalized spacial score (nSPS) is 12.1. The first kappa shape index (κ1) is 26.0. The number of carbonyl (C=O) groups excluding carboxylic acids is 2. The van der Waals surface area contributed by atoms with Crippen molar-refractivity contribution in [2.45, 2.75) is 46.5 Å². The third kappa shape index (κ3) is 7.41. The fraction of sp³-hybridized carbons (Fsp3) is 0.290. The largest absolute Gasteiger partial charge is 0.462 e. The van der Waals surface area contributed by atoms with Gasteiger partial charge >= 0.3 is 5.97 Å². The number of Topliss-reactive ketones (excluding diaryl/α,β-unsaturated/α-hetero) is 1. The van der Waals surface area contributed by atoms with Crippen molar-refractivity contribution < 1.29 is 14.3 Å². The molecule has 0 fully saturated rings. The maximum Gasteiger partial charge on any atom is 0.338 e. The van der Waals surface area contributed by atoms with Crippen LogP contribution >= 0.6 is 0 Å². The number of para-hydroxylation sites is 1. The van der Waals surface area contributed by atoms with Gasteiger partial charge in [-0.1, -0.05) is 81.6 Å². The average Bonchev–Trinajstić information content (AvgIpc) is 2.90. The fourth-order valence-electron chi connectivity index (χ4n) is 3.94. The highest BCUT2D eigenvalue weighted by molar-refractivity contribution is 6.20. The molecule has 4 heteroatoms. The van der Waals surface area contributed by atoms with Gasteiger partial charge in [0.1, 0.15) is 0 Å². The Morgan fingerprint density at radius 1 is 0.829 bits per heavy atom. The lowest BCUT2D eigenvalue weighted by atomic mass is 10.0. The molecular weight excluding hydrogens is 434 g/mol. The molecule has 0 aliphatic carbocycles. The highest BCUT2D eigenvalue weighted by Crippen LogP contribution is 2.29. The smallest absolute Gasteiger partial charge is 0.338 e. The third-order valence-corrected chi connectivity index (χ3v) is 6.13. The van der Waals surface area contributed by atoms with E-state index in [1.165, 1.54) is 0 Å². The third-order valence-electron chi connectivity index (χ3n) is 6.13. The van der Waals surface area contributed by atoms with E-state index in [0.717, 1.165) is 42.6 Å². The van der Waals surface area contributed by atoms with Gasteiger partial charge in [-0.15, -0.1) is 0 Å². The Balaban J connectivity index is 1.86. The van der Waals surface area contributed by atoms with E-state index in [2.05, 4.69) is 13.8 Å². The fourth-order valence-corrected chi connectivity index (χ4v) is 3.94. The molecule has 0 aliphatic rings. The first-order valence-electron chi connectivity index (χ1n) is 12.4. The molecule has 0 radical (unpaired) electrons. The van der Waals surface area contributed by atoms with Gasteiger partial charge in [0.05, 0.1) is 12.2 Å². The van der Waals surface area contributed by atoms with Crippen LogP contribution in [0.25, 0.3) is 5.57 Å². The van der Waals surface area contributed by atoms with E-state index in [1.807, 2.05) is 83.9 Å². The Labute approximate surface area is 209 Å². The number of unbranched alkanes of at least 4 members (excludes halogenated alkanes) is 1. The van der Waals surface area contributed by atoms with Gasteiger partial charge < -0.3 is 9.64 Å². The van der Waals surface area contributed by atoms with E-state index < -0.39 is 0 Å².